The summed E-state index contributed by atoms with van der Waals surface area (Å²) in [6.07, 6.45) is 5.10. The van der Waals surface area contributed by atoms with E-state index in [9.17, 15) is 13.6 Å². The van der Waals surface area contributed by atoms with Gasteiger partial charge in [0.2, 0.25) is 0 Å². The van der Waals surface area contributed by atoms with Gasteiger partial charge in [-0.1, -0.05) is 65.8 Å². The van der Waals surface area contributed by atoms with Crippen LogP contribution in [0, 0.1) is 6.92 Å². The van der Waals surface area contributed by atoms with Gasteiger partial charge >= 0.3 is 0 Å². The predicted molar refractivity (Wildman–Crippen MR) is 135 cm³/mol. The molecule has 6 heteroatoms. The van der Waals surface area contributed by atoms with E-state index >= 15 is 0 Å². The van der Waals surface area contributed by atoms with Gasteiger partial charge in [0.15, 0.2) is 9.84 Å². The summed E-state index contributed by atoms with van der Waals surface area (Å²) < 4.78 is 23.5. The van der Waals surface area contributed by atoms with Crippen molar-refractivity contribution >= 4 is 15.5 Å². The first-order chi connectivity index (χ1) is 16.4. The molecule has 34 heavy (non-hydrogen) atoms. The zero-order valence-electron chi connectivity index (χ0n) is 19.1. The Hall–Kier alpha value is -3.77. The van der Waals surface area contributed by atoms with E-state index in [0.717, 1.165) is 22.3 Å². The van der Waals surface area contributed by atoms with E-state index in [2.05, 4.69) is 41.3 Å². The molecule has 0 saturated carbocycles. The molecule has 4 aromatic rings. The molecule has 0 fully saturated rings. The summed E-state index contributed by atoms with van der Waals surface area (Å²) in [4.78, 5) is 4.36. The van der Waals surface area contributed by atoms with Crippen molar-refractivity contribution < 1.29 is 13.6 Å². The maximum absolute atomic E-state index is 11.7. The zero-order chi connectivity index (χ0) is 24.1. The van der Waals surface area contributed by atoms with E-state index in [0.29, 0.717) is 17.0 Å². The summed E-state index contributed by atoms with van der Waals surface area (Å²) >= 11 is 0. The van der Waals surface area contributed by atoms with E-state index in [-0.39, 0.29) is 5.92 Å². The second-order valence-electron chi connectivity index (χ2n) is 8.31. The van der Waals surface area contributed by atoms with Crippen LogP contribution < -0.4 is 0 Å². The number of aryl methyl sites for hydroxylation is 1. The van der Waals surface area contributed by atoms with Crippen molar-refractivity contribution in [2.75, 3.05) is 6.26 Å². The van der Waals surface area contributed by atoms with Gasteiger partial charge in [-0.3, -0.25) is 4.98 Å². The lowest BCUT2D eigenvalue weighted by molar-refractivity contribution is 0.317. The standard InChI is InChI=1S/C28H26N2O3S/c1-20-5-3-4-6-26(20)27(19-28(30-31)24-15-17-29-18-16-24)23-9-7-21(8-10-23)22-11-13-25(14-12-22)34(2,32)33/h3-18,27,31H,19H2,1-2H3/b30-28-. The molecule has 5 nitrogen and oxygen atoms in total. The highest BCUT2D eigenvalue weighted by molar-refractivity contribution is 7.90. The number of rotatable bonds is 7. The van der Waals surface area contributed by atoms with Crippen LogP contribution in [0.5, 0.6) is 0 Å². The van der Waals surface area contributed by atoms with Crippen molar-refractivity contribution in [2.24, 2.45) is 5.16 Å². The number of oxime groups is 1. The molecule has 0 spiro atoms. The summed E-state index contributed by atoms with van der Waals surface area (Å²) in [5.41, 5.74) is 6.80. The third-order valence-corrected chi connectivity index (χ3v) is 7.15. The summed E-state index contributed by atoms with van der Waals surface area (Å²) in [6.45, 7) is 2.09. The Labute approximate surface area is 200 Å². The summed E-state index contributed by atoms with van der Waals surface area (Å²) in [5.74, 6) is -0.0121. The second kappa shape index (κ2) is 10.0. The molecule has 1 N–H and O–H groups in total. The van der Waals surface area contributed by atoms with Gasteiger partial charge in [-0.15, -0.1) is 0 Å². The maximum atomic E-state index is 11.7. The lowest BCUT2D eigenvalue weighted by Gasteiger charge is -2.21. The molecule has 172 valence electrons. The minimum absolute atomic E-state index is 0.0121. The Bertz CT molecular complexity index is 1400. The largest absolute Gasteiger partial charge is 0.411 e. The Morgan fingerprint density at radius 3 is 2.03 bits per heavy atom. The van der Waals surface area contributed by atoms with Gasteiger partial charge in [0.05, 0.1) is 10.6 Å². The van der Waals surface area contributed by atoms with Gasteiger partial charge in [0.25, 0.3) is 0 Å². The fourth-order valence-corrected chi connectivity index (χ4v) is 4.77. The highest BCUT2D eigenvalue weighted by Gasteiger charge is 2.20. The lowest BCUT2D eigenvalue weighted by atomic mass is 9.83. The van der Waals surface area contributed by atoms with E-state index in [1.165, 1.54) is 17.4 Å². The first kappa shape index (κ1) is 23.4. The van der Waals surface area contributed by atoms with Crippen LogP contribution in [-0.4, -0.2) is 30.6 Å². The number of pyridine rings is 1. The molecule has 1 aromatic heterocycles. The number of hydrogen-bond acceptors (Lipinski definition) is 5. The van der Waals surface area contributed by atoms with E-state index in [1.54, 1.807) is 24.5 Å². The topological polar surface area (TPSA) is 79.6 Å². The summed E-state index contributed by atoms with van der Waals surface area (Å²) in [5, 5.41) is 13.4. The van der Waals surface area contributed by atoms with Crippen molar-refractivity contribution in [1.29, 1.82) is 0 Å². The molecule has 1 heterocycles. The monoisotopic (exact) mass is 470 g/mol. The van der Waals surface area contributed by atoms with Crippen LogP contribution in [0.4, 0.5) is 0 Å². The normalized spacial score (nSPS) is 12.9. The molecule has 3 aromatic carbocycles. The van der Waals surface area contributed by atoms with Crippen molar-refractivity contribution in [1.82, 2.24) is 4.98 Å². The number of hydrogen-bond donors (Lipinski definition) is 1. The molecule has 0 aliphatic rings. The third kappa shape index (κ3) is 5.24. The molecule has 0 amide bonds. The van der Waals surface area contributed by atoms with Crippen LogP contribution in [0.15, 0.2) is 107 Å². The molecule has 1 unspecified atom stereocenters. The van der Waals surface area contributed by atoms with Gasteiger partial charge in [-0.05, 0) is 59.0 Å². The van der Waals surface area contributed by atoms with Crippen LogP contribution >= 0.6 is 0 Å². The lowest BCUT2D eigenvalue weighted by Crippen LogP contribution is -2.11. The highest BCUT2D eigenvalue weighted by atomic mass is 32.2. The molecule has 0 aliphatic carbocycles. The van der Waals surface area contributed by atoms with Gasteiger partial charge in [-0.2, -0.15) is 0 Å². The highest BCUT2D eigenvalue weighted by Crippen LogP contribution is 2.33. The minimum Gasteiger partial charge on any atom is -0.411 e. The maximum Gasteiger partial charge on any atom is 0.175 e. The van der Waals surface area contributed by atoms with Gasteiger partial charge in [0.1, 0.15) is 0 Å². The fourth-order valence-electron chi connectivity index (χ4n) is 4.14. The Morgan fingerprint density at radius 1 is 0.882 bits per heavy atom. The SMILES string of the molecule is Cc1ccccc1C(C/C(=N/O)c1ccncc1)c1ccc(-c2ccc(S(C)(=O)=O)cc2)cc1. The van der Waals surface area contributed by atoms with Gasteiger partial charge in [-0.25, -0.2) is 8.42 Å². The fraction of sp³-hybridized carbons (Fsp3) is 0.143. The van der Waals surface area contributed by atoms with Crippen LogP contribution in [0.3, 0.4) is 0 Å². The van der Waals surface area contributed by atoms with Crippen LogP contribution in [0.25, 0.3) is 11.1 Å². The number of aromatic nitrogens is 1. The number of nitrogens with zero attached hydrogens (tertiary/aromatic N) is 2. The van der Waals surface area contributed by atoms with E-state index in [4.69, 9.17) is 0 Å². The van der Waals surface area contributed by atoms with Crippen LogP contribution in [0.1, 0.15) is 34.6 Å². The molecule has 0 aliphatic heterocycles. The average Bonchev–Trinajstić information content (AvgIpc) is 2.86. The molecule has 0 saturated heterocycles. The smallest absolute Gasteiger partial charge is 0.175 e. The molecule has 1 atom stereocenters. The Balaban J connectivity index is 1.69. The third-order valence-electron chi connectivity index (χ3n) is 6.02. The molecule has 4 rings (SSSR count). The quantitative estimate of drug-likeness (QED) is 0.208. The van der Waals surface area contributed by atoms with E-state index in [1.807, 2.05) is 48.5 Å². The van der Waals surface area contributed by atoms with Gasteiger partial charge in [0, 0.05) is 36.6 Å². The minimum atomic E-state index is -3.23. The van der Waals surface area contributed by atoms with Crippen molar-refractivity contribution in [3.05, 3.63) is 120 Å². The Kier molecular flexibility index (Phi) is 6.89. The second-order valence-corrected chi connectivity index (χ2v) is 10.3. The number of sulfone groups is 1. The van der Waals surface area contributed by atoms with Crippen LogP contribution in [0.2, 0.25) is 0 Å². The Morgan fingerprint density at radius 2 is 1.47 bits per heavy atom. The number of benzene rings is 3. The van der Waals surface area contributed by atoms with Crippen molar-refractivity contribution in [2.45, 2.75) is 24.2 Å². The summed E-state index contributed by atoms with van der Waals surface area (Å²) in [6, 6.07) is 27.1. The molecular weight excluding hydrogens is 444 g/mol. The summed E-state index contributed by atoms with van der Waals surface area (Å²) in [7, 11) is -3.23. The van der Waals surface area contributed by atoms with Crippen LogP contribution in [-0.2, 0) is 9.84 Å². The predicted octanol–water partition coefficient (Wildman–Crippen LogP) is 5.86. The molecule has 0 bridgehead atoms. The molecular formula is C28H26N2O3S. The van der Waals surface area contributed by atoms with E-state index < -0.39 is 9.84 Å². The zero-order valence-corrected chi connectivity index (χ0v) is 19.9. The first-order valence-corrected chi connectivity index (χ1v) is 12.8. The molecule has 0 radical (unpaired) electrons. The van der Waals surface area contributed by atoms with Crippen molar-refractivity contribution in [3.63, 3.8) is 0 Å². The van der Waals surface area contributed by atoms with Gasteiger partial charge < -0.3 is 5.21 Å². The van der Waals surface area contributed by atoms with Crippen molar-refractivity contribution in [3.8, 4) is 11.1 Å². The average molecular weight is 471 g/mol. The first-order valence-electron chi connectivity index (χ1n) is 10.9.